The van der Waals surface area contributed by atoms with E-state index in [2.05, 4.69) is 22.4 Å². The van der Waals surface area contributed by atoms with Crippen LogP contribution in [0.3, 0.4) is 0 Å². The van der Waals surface area contributed by atoms with E-state index in [9.17, 15) is 0 Å². The average molecular weight is 375 g/mol. The molecule has 0 saturated carbocycles. The molecule has 2 heterocycles. The van der Waals surface area contributed by atoms with Crippen molar-refractivity contribution in [3.05, 3.63) is 59.8 Å². The lowest BCUT2D eigenvalue weighted by Gasteiger charge is -2.20. The molecular formula is C22H21N3O3. The second-order valence-electron chi connectivity index (χ2n) is 6.85. The molecule has 0 saturated heterocycles. The van der Waals surface area contributed by atoms with Crippen molar-refractivity contribution in [1.82, 2.24) is 9.97 Å². The van der Waals surface area contributed by atoms with Crippen LogP contribution in [0.1, 0.15) is 11.1 Å². The number of ether oxygens (including phenoxy) is 3. The number of aryl methyl sites for hydroxylation is 2. The van der Waals surface area contributed by atoms with Crippen LogP contribution in [0, 0.1) is 0 Å². The molecule has 6 heteroatoms. The lowest BCUT2D eigenvalue weighted by atomic mass is 9.90. The minimum absolute atomic E-state index is 0.484. The van der Waals surface area contributed by atoms with Gasteiger partial charge in [-0.3, -0.25) is 0 Å². The maximum Gasteiger partial charge on any atom is 0.227 e. The Kier molecular flexibility index (Phi) is 4.54. The highest BCUT2D eigenvalue weighted by Gasteiger charge is 2.19. The second kappa shape index (κ2) is 7.48. The predicted octanol–water partition coefficient (Wildman–Crippen LogP) is 3.77. The van der Waals surface area contributed by atoms with Crippen molar-refractivity contribution in [1.29, 1.82) is 0 Å². The molecule has 0 spiro atoms. The van der Waals surface area contributed by atoms with Gasteiger partial charge in [0, 0.05) is 23.5 Å². The van der Waals surface area contributed by atoms with Gasteiger partial charge in [-0.05, 0) is 48.2 Å². The van der Waals surface area contributed by atoms with Crippen molar-refractivity contribution in [3.8, 4) is 22.8 Å². The van der Waals surface area contributed by atoms with Gasteiger partial charge < -0.3 is 19.5 Å². The van der Waals surface area contributed by atoms with Crippen molar-refractivity contribution in [2.75, 3.05) is 31.7 Å². The van der Waals surface area contributed by atoms with Gasteiger partial charge in [-0.2, -0.15) is 0 Å². The highest BCUT2D eigenvalue weighted by molar-refractivity contribution is 5.72. The Morgan fingerprint density at radius 3 is 2.54 bits per heavy atom. The van der Waals surface area contributed by atoms with E-state index in [0.29, 0.717) is 32.4 Å². The third kappa shape index (κ3) is 3.51. The molecule has 1 aromatic heterocycles. The van der Waals surface area contributed by atoms with Gasteiger partial charge in [-0.1, -0.05) is 12.1 Å². The van der Waals surface area contributed by atoms with Crippen molar-refractivity contribution >= 4 is 11.6 Å². The molecule has 2 aliphatic rings. The molecule has 6 nitrogen and oxygen atoms in total. The zero-order valence-corrected chi connectivity index (χ0v) is 15.5. The highest BCUT2D eigenvalue weighted by atomic mass is 16.5. The number of aromatic nitrogens is 2. The Morgan fingerprint density at radius 1 is 0.821 bits per heavy atom. The molecule has 2 aromatic carbocycles. The molecule has 5 rings (SSSR count). The summed E-state index contributed by atoms with van der Waals surface area (Å²) >= 11 is 0. The van der Waals surface area contributed by atoms with Crippen LogP contribution in [0.25, 0.3) is 11.3 Å². The quantitative estimate of drug-likeness (QED) is 0.645. The normalized spacial score (nSPS) is 15.7. The summed E-state index contributed by atoms with van der Waals surface area (Å²) in [5.74, 6) is 2.18. The number of fused-ring (bicyclic) bond motifs is 4. The maximum atomic E-state index is 5.88. The lowest BCUT2D eigenvalue weighted by molar-refractivity contribution is 0.0764. The van der Waals surface area contributed by atoms with Crippen LogP contribution < -0.4 is 14.8 Å². The maximum absolute atomic E-state index is 5.88. The van der Waals surface area contributed by atoms with Crippen LogP contribution >= 0.6 is 0 Å². The topological polar surface area (TPSA) is 65.5 Å². The summed E-state index contributed by atoms with van der Waals surface area (Å²) in [7, 11) is 0. The van der Waals surface area contributed by atoms with Gasteiger partial charge in [0.15, 0.2) is 0 Å². The van der Waals surface area contributed by atoms with Gasteiger partial charge in [-0.25, -0.2) is 9.97 Å². The molecule has 6 bridgehead atoms. The van der Waals surface area contributed by atoms with E-state index in [0.717, 1.165) is 46.8 Å². The lowest BCUT2D eigenvalue weighted by Crippen LogP contribution is -2.12. The van der Waals surface area contributed by atoms with E-state index in [-0.39, 0.29) is 0 Å². The number of hydrogen-bond acceptors (Lipinski definition) is 6. The number of benzene rings is 2. The summed E-state index contributed by atoms with van der Waals surface area (Å²) in [5, 5.41) is 3.29. The number of hydrogen-bond donors (Lipinski definition) is 1. The summed E-state index contributed by atoms with van der Waals surface area (Å²) in [6.45, 7) is 2.01. The van der Waals surface area contributed by atoms with Crippen LogP contribution in [-0.2, 0) is 17.6 Å². The monoisotopic (exact) mass is 375 g/mol. The summed E-state index contributed by atoms with van der Waals surface area (Å²) < 4.78 is 17.2. The van der Waals surface area contributed by atoms with Gasteiger partial charge >= 0.3 is 0 Å². The van der Waals surface area contributed by atoms with E-state index < -0.39 is 0 Å². The molecule has 1 aliphatic heterocycles. The first kappa shape index (κ1) is 17.0. The fourth-order valence-electron chi connectivity index (χ4n) is 3.57. The van der Waals surface area contributed by atoms with Gasteiger partial charge in [-0.15, -0.1) is 0 Å². The number of nitrogens with one attached hydrogen (secondary N) is 1. The van der Waals surface area contributed by atoms with Crippen LogP contribution in [0.15, 0.2) is 48.7 Å². The van der Waals surface area contributed by atoms with E-state index >= 15 is 0 Å². The molecule has 1 aliphatic carbocycles. The summed E-state index contributed by atoms with van der Waals surface area (Å²) in [6.07, 6.45) is 3.85. The molecule has 0 radical (unpaired) electrons. The molecule has 0 atom stereocenters. The molecule has 0 amide bonds. The average Bonchev–Trinajstić information content (AvgIpc) is 2.73. The third-order valence-corrected chi connectivity index (χ3v) is 4.95. The number of nitrogens with zero attached hydrogens (tertiary/aromatic N) is 2. The van der Waals surface area contributed by atoms with E-state index in [1.165, 1.54) is 5.56 Å². The molecule has 1 N–H and O–H groups in total. The van der Waals surface area contributed by atoms with Crippen molar-refractivity contribution in [3.63, 3.8) is 0 Å². The van der Waals surface area contributed by atoms with Crippen molar-refractivity contribution in [2.24, 2.45) is 0 Å². The van der Waals surface area contributed by atoms with Gasteiger partial charge in [0.25, 0.3) is 0 Å². The third-order valence-electron chi connectivity index (χ3n) is 4.95. The molecule has 142 valence electrons. The molecule has 28 heavy (non-hydrogen) atoms. The van der Waals surface area contributed by atoms with Crippen LogP contribution in [0.4, 0.5) is 11.6 Å². The summed E-state index contributed by atoms with van der Waals surface area (Å²) in [6, 6.07) is 14.0. The standard InChI is InChI=1S/C22H21N3O3/c1-2-17-12-18(3-1)27-10-8-26-9-11-28-19-7-6-15-4-5-16-14-23-22(24-17)25-21(16)20(15)13-19/h1-3,6-7,12-14H,4-5,8-11H2,(H,23,24,25). The van der Waals surface area contributed by atoms with E-state index in [1.807, 2.05) is 36.5 Å². The Bertz CT molecular complexity index is 1010. The Labute approximate surface area is 163 Å². The molecule has 3 aromatic rings. The predicted molar refractivity (Wildman–Crippen MR) is 106 cm³/mol. The van der Waals surface area contributed by atoms with Crippen molar-refractivity contribution < 1.29 is 14.2 Å². The smallest absolute Gasteiger partial charge is 0.227 e. The minimum Gasteiger partial charge on any atom is -0.491 e. The van der Waals surface area contributed by atoms with Crippen LogP contribution in [-0.4, -0.2) is 36.4 Å². The zero-order chi connectivity index (χ0) is 18.8. The van der Waals surface area contributed by atoms with E-state index in [1.54, 1.807) is 0 Å². The zero-order valence-electron chi connectivity index (χ0n) is 15.5. The summed E-state index contributed by atoms with van der Waals surface area (Å²) in [5.41, 5.74) is 5.42. The van der Waals surface area contributed by atoms with Gasteiger partial charge in [0.1, 0.15) is 24.7 Å². The first-order valence-electron chi connectivity index (χ1n) is 9.55. The van der Waals surface area contributed by atoms with Crippen LogP contribution in [0.2, 0.25) is 0 Å². The van der Waals surface area contributed by atoms with Crippen molar-refractivity contribution in [2.45, 2.75) is 12.8 Å². The molecular weight excluding hydrogens is 354 g/mol. The second-order valence-corrected chi connectivity index (χ2v) is 6.85. The molecule has 0 fully saturated rings. The number of anilines is 2. The highest BCUT2D eigenvalue weighted by Crippen LogP contribution is 2.35. The SMILES string of the molecule is c1cc2cc(c1)OCCOCCOc1ccc3c(c1)-c1nc(ncc1CC3)N2. The minimum atomic E-state index is 0.484. The van der Waals surface area contributed by atoms with E-state index in [4.69, 9.17) is 19.2 Å². The van der Waals surface area contributed by atoms with Gasteiger partial charge in [0.05, 0.1) is 18.9 Å². The fourth-order valence-corrected chi connectivity index (χ4v) is 3.57. The Hall–Kier alpha value is -3.12. The molecule has 0 unspecified atom stereocenters. The first-order chi connectivity index (χ1) is 13.8. The fraction of sp³-hybridized carbons (Fsp3) is 0.273. The largest absolute Gasteiger partial charge is 0.491 e. The van der Waals surface area contributed by atoms with Crippen LogP contribution in [0.5, 0.6) is 11.5 Å². The Balaban J connectivity index is 1.55. The first-order valence-corrected chi connectivity index (χ1v) is 9.55. The summed E-state index contributed by atoms with van der Waals surface area (Å²) in [4.78, 5) is 9.32. The Morgan fingerprint density at radius 2 is 1.64 bits per heavy atom. The number of rotatable bonds is 0. The van der Waals surface area contributed by atoms with Gasteiger partial charge in [0.2, 0.25) is 5.95 Å².